The SMILES string of the molecule is CC(=O)N1CCC(C(=O)N2CCc3ccccc32)(c2ccccc2)CC1. The molecule has 2 amide bonds. The molecule has 2 heterocycles. The van der Waals surface area contributed by atoms with Crippen LogP contribution in [0.15, 0.2) is 54.6 Å². The average Bonchev–Trinajstić information content (AvgIpc) is 3.12. The number of amides is 2. The van der Waals surface area contributed by atoms with E-state index >= 15 is 0 Å². The van der Waals surface area contributed by atoms with E-state index in [0.29, 0.717) is 25.9 Å². The lowest BCUT2D eigenvalue weighted by Crippen LogP contribution is -2.53. The fraction of sp³-hybridized carbons (Fsp3) is 0.364. The Bertz CT molecular complexity index is 823. The lowest BCUT2D eigenvalue weighted by atomic mass is 9.71. The Morgan fingerprint density at radius 1 is 0.885 bits per heavy atom. The number of hydrogen-bond acceptors (Lipinski definition) is 2. The molecule has 0 atom stereocenters. The summed E-state index contributed by atoms with van der Waals surface area (Å²) in [6.45, 7) is 3.61. The van der Waals surface area contributed by atoms with Crippen LogP contribution < -0.4 is 4.90 Å². The minimum Gasteiger partial charge on any atom is -0.343 e. The second-order valence-electron chi connectivity index (χ2n) is 7.29. The van der Waals surface area contributed by atoms with Crippen LogP contribution >= 0.6 is 0 Å². The highest BCUT2D eigenvalue weighted by Gasteiger charge is 2.46. The van der Waals surface area contributed by atoms with Crippen molar-refractivity contribution in [1.82, 2.24) is 4.90 Å². The Morgan fingerprint density at radius 3 is 2.23 bits per heavy atom. The van der Waals surface area contributed by atoms with Gasteiger partial charge in [-0.3, -0.25) is 9.59 Å². The lowest BCUT2D eigenvalue weighted by Gasteiger charge is -2.42. The number of fused-ring (bicyclic) bond motifs is 1. The summed E-state index contributed by atoms with van der Waals surface area (Å²) >= 11 is 0. The summed E-state index contributed by atoms with van der Waals surface area (Å²) in [6, 6.07) is 18.3. The molecular weight excluding hydrogens is 324 g/mol. The Morgan fingerprint density at radius 2 is 1.54 bits per heavy atom. The van der Waals surface area contributed by atoms with Gasteiger partial charge in [-0.1, -0.05) is 48.5 Å². The minimum absolute atomic E-state index is 0.0885. The number of carbonyl (C=O) groups is 2. The van der Waals surface area contributed by atoms with Gasteiger partial charge in [-0.2, -0.15) is 0 Å². The van der Waals surface area contributed by atoms with E-state index in [1.165, 1.54) is 5.56 Å². The molecule has 4 heteroatoms. The summed E-state index contributed by atoms with van der Waals surface area (Å²) in [7, 11) is 0. The van der Waals surface area contributed by atoms with Crippen molar-refractivity contribution in [3.05, 3.63) is 65.7 Å². The summed E-state index contributed by atoms with van der Waals surface area (Å²) in [5.74, 6) is 0.266. The molecule has 134 valence electrons. The van der Waals surface area contributed by atoms with Crippen molar-refractivity contribution < 1.29 is 9.59 Å². The van der Waals surface area contributed by atoms with E-state index in [1.54, 1.807) is 6.92 Å². The highest BCUT2D eigenvalue weighted by molar-refractivity contribution is 6.03. The monoisotopic (exact) mass is 348 g/mol. The number of benzene rings is 2. The van der Waals surface area contributed by atoms with Gasteiger partial charge < -0.3 is 9.80 Å². The molecule has 2 aliphatic heterocycles. The first-order valence-corrected chi connectivity index (χ1v) is 9.33. The fourth-order valence-electron chi connectivity index (χ4n) is 4.39. The number of carbonyl (C=O) groups excluding carboxylic acids is 2. The molecule has 0 aromatic heterocycles. The third kappa shape index (κ3) is 2.70. The molecule has 0 unspecified atom stereocenters. The third-order valence-electron chi connectivity index (χ3n) is 5.93. The van der Waals surface area contributed by atoms with E-state index < -0.39 is 5.41 Å². The van der Waals surface area contributed by atoms with Crippen molar-refractivity contribution in [1.29, 1.82) is 0 Å². The minimum atomic E-state index is -0.551. The van der Waals surface area contributed by atoms with Gasteiger partial charge >= 0.3 is 0 Å². The highest BCUT2D eigenvalue weighted by Crippen LogP contribution is 2.40. The van der Waals surface area contributed by atoms with Crippen molar-refractivity contribution in [2.45, 2.75) is 31.6 Å². The molecule has 26 heavy (non-hydrogen) atoms. The zero-order chi connectivity index (χ0) is 18.1. The van der Waals surface area contributed by atoms with Crippen molar-refractivity contribution in [2.24, 2.45) is 0 Å². The van der Waals surface area contributed by atoms with Gasteiger partial charge in [-0.15, -0.1) is 0 Å². The number of piperidine rings is 1. The van der Waals surface area contributed by atoms with Gasteiger partial charge in [0.15, 0.2) is 0 Å². The van der Waals surface area contributed by atoms with Crippen LogP contribution in [0.3, 0.4) is 0 Å². The van der Waals surface area contributed by atoms with E-state index in [4.69, 9.17) is 0 Å². The summed E-state index contributed by atoms with van der Waals surface area (Å²) in [6.07, 6.45) is 2.26. The van der Waals surface area contributed by atoms with Gasteiger partial charge in [0, 0.05) is 32.2 Å². The predicted molar refractivity (Wildman–Crippen MR) is 102 cm³/mol. The first-order chi connectivity index (χ1) is 12.6. The van der Waals surface area contributed by atoms with Crippen LogP contribution in [0.4, 0.5) is 5.69 Å². The Hall–Kier alpha value is -2.62. The Kier molecular flexibility index (Phi) is 4.27. The zero-order valence-electron chi connectivity index (χ0n) is 15.1. The molecule has 0 N–H and O–H groups in total. The molecule has 0 bridgehead atoms. The summed E-state index contributed by atoms with van der Waals surface area (Å²) in [4.78, 5) is 29.4. The molecular formula is C22H24N2O2. The van der Waals surface area contributed by atoms with E-state index in [0.717, 1.165) is 24.2 Å². The topological polar surface area (TPSA) is 40.6 Å². The number of nitrogens with zero attached hydrogens (tertiary/aromatic N) is 2. The van der Waals surface area contributed by atoms with Crippen molar-refractivity contribution in [2.75, 3.05) is 24.5 Å². The van der Waals surface area contributed by atoms with Crippen LogP contribution in [-0.4, -0.2) is 36.3 Å². The molecule has 0 saturated carbocycles. The van der Waals surface area contributed by atoms with Crippen molar-refractivity contribution in [3.63, 3.8) is 0 Å². The molecule has 2 aliphatic rings. The average molecular weight is 348 g/mol. The normalized spacial score (nSPS) is 18.5. The third-order valence-corrected chi connectivity index (χ3v) is 5.93. The van der Waals surface area contributed by atoms with Crippen molar-refractivity contribution in [3.8, 4) is 0 Å². The zero-order valence-corrected chi connectivity index (χ0v) is 15.1. The van der Waals surface area contributed by atoms with Gasteiger partial charge in [-0.05, 0) is 36.5 Å². The Balaban J connectivity index is 1.71. The van der Waals surface area contributed by atoms with Gasteiger partial charge in [0.25, 0.3) is 0 Å². The van der Waals surface area contributed by atoms with Crippen LogP contribution in [0.1, 0.15) is 30.9 Å². The smallest absolute Gasteiger partial charge is 0.237 e. The molecule has 2 aromatic rings. The van der Waals surface area contributed by atoms with Gasteiger partial charge in [0.2, 0.25) is 11.8 Å². The second kappa shape index (κ2) is 6.60. The number of likely N-dealkylation sites (tertiary alicyclic amines) is 1. The molecule has 2 aromatic carbocycles. The van der Waals surface area contributed by atoms with Gasteiger partial charge in [0.05, 0.1) is 5.41 Å². The van der Waals surface area contributed by atoms with Crippen LogP contribution in [0.2, 0.25) is 0 Å². The van der Waals surface area contributed by atoms with E-state index in [-0.39, 0.29) is 11.8 Å². The molecule has 1 saturated heterocycles. The van der Waals surface area contributed by atoms with Crippen molar-refractivity contribution >= 4 is 17.5 Å². The Labute approximate surface area is 154 Å². The van der Waals surface area contributed by atoms with E-state index in [2.05, 4.69) is 18.2 Å². The first-order valence-electron chi connectivity index (χ1n) is 9.33. The van der Waals surface area contributed by atoms with Crippen LogP contribution in [0.5, 0.6) is 0 Å². The molecule has 1 fully saturated rings. The molecule has 0 aliphatic carbocycles. The summed E-state index contributed by atoms with van der Waals surface area (Å²) in [5, 5.41) is 0. The van der Waals surface area contributed by atoms with E-state index in [9.17, 15) is 9.59 Å². The van der Waals surface area contributed by atoms with Crippen LogP contribution in [-0.2, 0) is 21.4 Å². The van der Waals surface area contributed by atoms with Crippen LogP contribution in [0, 0.1) is 0 Å². The molecule has 4 nitrogen and oxygen atoms in total. The fourth-order valence-corrected chi connectivity index (χ4v) is 4.39. The maximum atomic E-state index is 13.8. The second-order valence-corrected chi connectivity index (χ2v) is 7.29. The largest absolute Gasteiger partial charge is 0.343 e. The number of rotatable bonds is 2. The van der Waals surface area contributed by atoms with Gasteiger partial charge in [0.1, 0.15) is 0 Å². The van der Waals surface area contributed by atoms with Crippen LogP contribution in [0.25, 0.3) is 0 Å². The first kappa shape index (κ1) is 16.8. The molecule has 0 spiro atoms. The molecule has 0 radical (unpaired) electrons. The number of hydrogen-bond donors (Lipinski definition) is 0. The van der Waals surface area contributed by atoms with E-state index in [1.807, 2.05) is 46.2 Å². The number of para-hydroxylation sites is 1. The maximum Gasteiger partial charge on any atom is 0.237 e. The summed E-state index contributed by atoms with van der Waals surface area (Å²) in [5.41, 5.74) is 2.80. The quantitative estimate of drug-likeness (QED) is 0.836. The standard InChI is InChI=1S/C22H24N2O2/c1-17(25)23-15-12-22(13-16-23,19-8-3-2-4-9-19)21(26)24-14-11-18-7-5-6-10-20(18)24/h2-10H,11-16H2,1H3. The maximum absolute atomic E-state index is 13.8. The highest BCUT2D eigenvalue weighted by atomic mass is 16.2. The predicted octanol–water partition coefficient (Wildman–Crippen LogP) is 3.16. The van der Waals surface area contributed by atoms with Gasteiger partial charge in [-0.25, -0.2) is 0 Å². The number of anilines is 1. The molecule has 4 rings (SSSR count). The summed E-state index contributed by atoms with van der Waals surface area (Å²) < 4.78 is 0. The lowest BCUT2D eigenvalue weighted by molar-refractivity contribution is -0.134.